The maximum absolute atomic E-state index is 12.8. The van der Waals surface area contributed by atoms with Gasteiger partial charge >= 0.3 is 0 Å². The summed E-state index contributed by atoms with van der Waals surface area (Å²) >= 11 is 0. The largest absolute Gasteiger partial charge is 0.352 e. The van der Waals surface area contributed by atoms with Crippen LogP contribution in [0.2, 0.25) is 0 Å². The highest BCUT2D eigenvalue weighted by Gasteiger charge is 2.21. The summed E-state index contributed by atoms with van der Waals surface area (Å²) in [6.07, 6.45) is -0.203. The zero-order valence-electron chi connectivity index (χ0n) is 13.0. The molecule has 25 heavy (non-hydrogen) atoms. The molecule has 130 valence electrons. The van der Waals surface area contributed by atoms with Crippen molar-refractivity contribution in [2.24, 2.45) is 0 Å². The lowest BCUT2D eigenvalue weighted by Crippen LogP contribution is -2.25. The lowest BCUT2D eigenvalue weighted by atomic mass is 10.2. The maximum atomic E-state index is 12.8. The van der Waals surface area contributed by atoms with Crippen LogP contribution in [-0.4, -0.2) is 30.4 Å². The first-order valence-corrected chi connectivity index (χ1v) is 9.06. The number of nitrogens with zero attached hydrogens (tertiary/aromatic N) is 2. The van der Waals surface area contributed by atoms with Crippen molar-refractivity contribution in [2.75, 3.05) is 5.75 Å². The summed E-state index contributed by atoms with van der Waals surface area (Å²) in [6.45, 7) is 0.196. The van der Waals surface area contributed by atoms with Gasteiger partial charge in [0.05, 0.1) is 10.6 Å². The smallest absolute Gasteiger partial charge is 0.221 e. The van der Waals surface area contributed by atoms with Crippen molar-refractivity contribution in [1.29, 1.82) is 0 Å². The molecular weight excluding hydrogens is 349 g/mol. The molecule has 0 aliphatic rings. The minimum atomic E-state index is -3.71. The number of hydrogen-bond donors (Lipinski definition) is 1. The van der Waals surface area contributed by atoms with Crippen molar-refractivity contribution in [3.05, 3.63) is 53.8 Å². The number of carbonyl (C=O) groups is 1. The van der Waals surface area contributed by atoms with Gasteiger partial charge < -0.3 is 5.32 Å². The Hall–Kier alpha value is -2.81. The average Bonchev–Trinajstić information content (AvgIpc) is 3.08. The number of aromatic nitrogens is 2. The van der Waals surface area contributed by atoms with Gasteiger partial charge in [0.15, 0.2) is 15.4 Å². The molecule has 0 aliphatic heterocycles. The van der Waals surface area contributed by atoms with Crippen LogP contribution in [0.15, 0.2) is 52.0 Å². The third-order valence-corrected chi connectivity index (χ3v) is 5.33. The molecule has 0 bridgehead atoms. The van der Waals surface area contributed by atoms with Crippen molar-refractivity contribution in [2.45, 2.75) is 17.9 Å². The van der Waals surface area contributed by atoms with E-state index in [9.17, 15) is 17.6 Å². The van der Waals surface area contributed by atoms with Crippen molar-refractivity contribution >= 4 is 26.8 Å². The maximum Gasteiger partial charge on any atom is 0.221 e. The number of hydrogen-bond acceptors (Lipinski definition) is 6. The normalized spacial score (nSPS) is 11.6. The van der Waals surface area contributed by atoms with Crippen LogP contribution in [0, 0.1) is 5.82 Å². The van der Waals surface area contributed by atoms with Crippen LogP contribution >= 0.6 is 0 Å². The quantitative estimate of drug-likeness (QED) is 0.717. The number of carbonyl (C=O) groups excluding carboxylic acids is 1. The Labute approximate surface area is 142 Å². The van der Waals surface area contributed by atoms with E-state index in [-0.39, 0.29) is 34.9 Å². The Morgan fingerprint density at radius 2 is 1.88 bits per heavy atom. The second kappa shape index (κ2) is 6.98. The van der Waals surface area contributed by atoms with E-state index in [2.05, 4.69) is 20.3 Å². The molecule has 1 N–H and O–H groups in total. The third-order valence-electron chi connectivity index (χ3n) is 3.58. The van der Waals surface area contributed by atoms with Gasteiger partial charge in [0.1, 0.15) is 11.3 Å². The molecule has 7 nitrogen and oxygen atoms in total. The van der Waals surface area contributed by atoms with E-state index in [1.807, 2.05) is 0 Å². The number of sulfone groups is 1. The number of benzene rings is 2. The predicted octanol–water partition coefficient (Wildman–Crippen LogP) is 1.84. The fraction of sp³-hybridized carbons (Fsp3) is 0.188. The Kier molecular flexibility index (Phi) is 4.75. The van der Waals surface area contributed by atoms with Gasteiger partial charge in [0.25, 0.3) is 0 Å². The monoisotopic (exact) mass is 363 g/mol. The third kappa shape index (κ3) is 4.00. The Morgan fingerprint density at radius 3 is 2.64 bits per heavy atom. The van der Waals surface area contributed by atoms with Gasteiger partial charge in [-0.05, 0) is 40.1 Å². The zero-order chi connectivity index (χ0) is 17.9. The van der Waals surface area contributed by atoms with Gasteiger partial charge in [-0.1, -0.05) is 18.2 Å². The van der Waals surface area contributed by atoms with Gasteiger partial charge in [-0.3, -0.25) is 4.79 Å². The van der Waals surface area contributed by atoms with E-state index < -0.39 is 15.7 Å². The number of rotatable bonds is 6. The Bertz CT molecular complexity index is 1000. The molecule has 3 aromatic rings. The lowest BCUT2D eigenvalue weighted by molar-refractivity contribution is -0.120. The van der Waals surface area contributed by atoms with Crippen LogP contribution in [-0.2, 0) is 21.2 Å². The number of nitrogens with one attached hydrogen (secondary N) is 1. The van der Waals surface area contributed by atoms with Crippen LogP contribution in [0.5, 0.6) is 0 Å². The predicted molar refractivity (Wildman–Crippen MR) is 86.7 cm³/mol. The van der Waals surface area contributed by atoms with Crippen LogP contribution in [0.4, 0.5) is 4.39 Å². The van der Waals surface area contributed by atoms with Crippen LogP contribution in [0.25, 0.3) is 11.0 Å². The molecule has 0 spiro atoms. The van der Waals surface area contributed by atoms with Crippen molar-refractivity contribution in [3.63, 3.8) is 0 Å². The highest BCUT2D eigenvalue weighted by atomic mass is 32.2. The SMILES string of the molecule is O=C(CCS(=O)(=O)c1cccc2nonc12)NCc1ccc(F)cc1. The molecule has 3 rings (SSSR count). The summed E-state index contributed by atoms with van der Waals surface area (Å²) < 4.78 is 42.2. The fourth-order valence-corrected chi connectivity index (χ4v) is 3.66. The Balaban J connectivity index is 1.61. The molecule has 0 radical (unpaired) electrons. The van der Waals surface area contributed by atoms with E-state index in [0.29, 0.717) is 5.52 Å². The first-order chi connectivity index (χ1) is 12.0. The van der Waals surface area contributed by atoms with E-state index in [4.69, 9.17) is 0 Å². The summed E-state index contributed by atoms with van der Waals surface area (Å²) in [4.78, 5) is 11.9. The first-order valence-electron chi connectivity index (χ1n) is 7.41. The number of amides is 1. The highest BCUT2D eigenvalue weighted by Crippen LogP contribution is 2.21. The zero-order valence-corrected chi connectivity index (χ0v) is 13.8. The molecule has 0 saturated carbocycles. The van der Waals surface area contributed by atoms with E-state index >= 15 is 0 Å². The van der Waals surface area contributed by atoms with Gasteiger partial charge in [-0.15, -0.1) is 0 Å². The Morgan fingerprint density at radius 1 is 1.12 bits per heavy atom. The summed E-state index contributed by atoms with van der Waals surface area (Å²) in [5.74, 6) is -1.15. The fourth-order valence-electron chi connectivity index (χ4n) is 2.26. The van der Waals surface area contributed by atoms with Crippen molar-refractivity contribution < 1.29 is 22.2 Å². The van der Waals surface area contributed by atoms with Crippen LogP contribution in [0.1, 0.15) is 12.0 Å². The van der Waals surface area contributed by atoms with Crippen molar-refractivity contribution in [3.8, 4) is 0 Å². The summed E-state index contributed by atoms with van der Waals surface area (Å²) in [5.41, 5.74) is 1.20. The van der Waals surface area contributed by atoms with Crippen molar-refractivity contribution in [1.82, 2.24) is 15.6 Å². The molecule has 0 unspecified atom stereocenters. The molecule has 1 heterocycles. The second-order valence-corrected chi connectivity index (χ2v) is 7.44. The lowest BCUT2D eigenvalue weighted by Gasteiger charge is -2.07. The summed E-state index contributed by atoms with van der Waals surface area (Å²) in [6, 6.07) is 10.2. The van der Waals surface area contributed by atoms with E-state index in [1.165, 1.54) is 24.3 Å². The molecule has 0 fully saturated rings. The standard InChI is InChI=1S/C16H14FN3O4S/c17-12-6-4-11(5-7-12)10-18-15(21)8-9-25(22,23)14-3-1-2-13-16(14)20-24-19-13/h1-7H,8-10H2,(H,18,21). The molecule has 9 heteroatoms. The first kappa shape index (κ1) is 17.0. The molecule has 2 aromatic carbocycles. The van der Waals surface area contributed by atoms with Gasteiger partial charge in [0, 0.05) is 13.0 Å². The van der Waals surface area contributed by atoms with E-state index in [1.54, 1.807) is 18.2 Å². The number of fused-ring (bicyclic) bond motifs is 1. The summed E-state index contributed by atoms with van der Waals surface area (Å²) in [5, 5.41) is 9.80. The molecule has 0 saturated heterocycles. The minimum absolute atomic E-state index is 0.0161. The molecule has 0 aliphatic carbocycles. The van der Waals surface area contributed by atoms with Gasteiger partial charge in [0.2, 0.25) is 5.91 Å². The molecule has 1 aromatic heterocycles. The topological polar surface area (TPSA) is 102 Å². The minimum Gasteiger partial charge on any atom is -0.352 e. The van der Waals surface area contributed by atoms with E-state index in [0.717, 1.165) is 5.56 Å². The van der Waals surface area contributed by atoms with Gasteiger partial charge in [-0.25, -0.2) is 17.4 Å². The summed E-state index contributed by atoms with van der Waals surface area (Å²) in [7, 11) is -3.71. The molecular formula is C16H14FN3O4S. The molecule has 1 amide bonds. The average molecular weight is 363 g/mol. The second-order valence-electron chi connectivity index (χ2n) is 5.36. The van der Waals surface area contributed by atoms with Crippen LogP contribution in [0.3, 0.4) is 0 Å². The number of halogens is 1. The van der Waals surface area contributed by atoms with Gasteiger partial charge in [-0.2, -0.15) is 0 Å². The van der Waals surface area contributed by atoms with Crippen LogP contribution < -0.4 is 5.32 Å². The molecule has 0 atom stereocenters. The highest BCUT2D eigenvalue weighted by molar-refractivity contribution is 7.91.